The van der Waals surface area contributed by atoms with Gasteiger partial charge < -0.3 is 25.2 Å². The first kappa shape index (κ1) is 54.6. The summed E-state index contributed by atoms with van der Waals surface area (Å²) < 4.78 is 32.6. The van der Waals surface area contributed by atoms with E-state index in [0.29, 0.717) is 25.7 Å². The van der Waals surface area contributed by atoms with Crippen LogP contribution in [0, 0.1) is 0 Å². The van der Waals surface area contributed by atoms with Crippen LogP contribution in [0.4, 0.5) is 0 Å². The molecule has 0 amide bonds. The summed E-state index contributed by atoms with van der Waals surface area (Å²) in [7, 11) is -4.42. The quantitative estimate of drug-likeness (QED) is 0.0180. The van der Waals surface area contributed by atoms with Gasteiger partial charge in [-0.15, -0.1) is 0 Å². The number of hydrogen-bond donors (Lipinski definition) is 3. The Balaban J connectivity index is 4.38. The van der Waals surface area contributed by atoms with Crippen molar-refractivity contribution in [3.63, 3.8) is 0 Å². The molecule has 0 saturated heterocycles. The van der Waals surface area contributed by atoms with Gasteiger partial charge in [-0.1, -0.05) is 142 Å². The highest BCUT2D eigenvalue weighted by molar-refractivity contribution is 7.47. The van der Waals surface area contributed by atoms with Crippen LogP contribution in [0.1, 0.15) is 136 Å². The van der Waals surface area contributed by atoms with E-state index in [2.05, 4.69) is 67.7 Å². The Morgan fingerprint density at radius 2 is 1.16 bits per heavy atom. The molecule has 0 aromatic rings. The topological polar surface area (TPSA) is 155 Å². The molecule has 0 radical (unpaired) electrons. The summed E-state index contributed by atoms with van der Waals surface area (Å²) >= 11 is 0. The molecule has 2 unspecified atom stereocenters. The van der Waals surface area contributed by atoms with Crippen LogP contribution < -0.4 is 5.73 Å². The average Bonchev–Trinajstić information content (AvgIpc) is 3.21. The lowest BCUT2D eigenvalue weighted by atomic mass is 10.1. The standard InChI is InChI=1S/C47H76NO9P/c1-3-5-7-8-9-10-11-12-13-14-15-16-17-18-22-25-28-31-34-38-46(50)54-42-45(43-56-58(52,53)55-41-40-48)57-47(51)39-35-32-29-26-23-20-19-21-24-27-30-33-37-44(49)36-6-4-2/h6,9-10,12-13,15-16,18-20,22,24,26-27,29-30,33,36,44-45,49H,3-5,7-8,11,14,17,21,23,25,28,31-32,34-35,37-43,48H2,1-2H3,(H,52,53)/b10-9-,13-12-,16-15-,20-19-,22-18-,27-24-,29-26-,33-30+,36-6-/t44?,45-/m1/s1. The lowest BCUT2D eigenvalue weighted by Crippen LogP contribution is -2.29. The van der Waals surface area contributed by atoms with E-state index in [1.807, 2.05) is 55.5 Å². The molecule has 58 heavy (non-hydrogen) atoms. The van der Waals surface area contributed by atoms with Crippen LogP contribution in [0.25, 0.3) is 0 Å². The van der Waals surface area contributed by atoms with E-state index in [-0.39, 0.29) is 32.6 Å². The van der Waals surface area contributed by atoms with Gasteiger partial charge in [-0.2, -0.15) is 0 Å². The lowest BCUT2D eigenvalue weighted by Gasteiger charge is -2.19. The van der Waals surface area contributed by atoms with Gasteiger partial charge in [-0.05, 0) is 89.9 Å². The Kier molecular flexibility index (Phi) is 39.4. The summed E-state index contributed by atoms with van der Waals surface area (Å²) in [5.41, 5.74) is 5.34. The van der Waals surface area contributed by atoms with E-state index in [1.54, 1.807) is 0 Å². The molecule has 0 aliphatic heterocycles. The van der Waals surface area contributed by atoms with Gasteiger partial charge in [0.25, 0.3) is 0 Å². The van der Waals surface area contributed by atoms with Gasteiger partial charge in [0.2, 0.25) is 0 Å². The van der Waals surface area contributed by atoms with Crippen molar-refractivity contribution in [2.45, 2.75) is 148 Å². The molecule has 0 rings (SSSR count). The molecule has 4 N–H and O–H groups in total. The van der Waals surface area contributed by atoms with Crippen molar-refractivity contribution >= 4 is 19.8 Å². The van der Waals surface area contributed by atoms with Crippen LogP contribution in [0.15, 0.2) is 109 Å². The second kappa shape index (κ2) is 41.8. The maximum absolute atomic E-state index is 12.6. The number of aliphatic hydroxyl groups is 1. The van der Waals surface area contributed by atoms with E-state index < -0.39 is 38.6 Å². The molecule has 0 aromatic carbocycles. The van der Waals surface area contributed by atoms with Gasteiger partial charge >= 0.3 is 19.8 Å². The highest BCUT2D eigenvalue weighted by atomic mass is 31.2. The molecule has 328 valence electrons. The SMILES string of the molecule is CC/C=C\C(O)C/C=C/C=C\C/C=C\C/C=C\CCCC(=O)O[C@H](COC(=O)CCCCC/C=C\C/C=C\C/C=C\C/C=C\CCCCC)COP(=O)(O)OCCN. The Morgan fingerprint density at radius 1 is 0.621 bits per heavy atom. The maximum Gasteiger partial charge on any atom is 0.472 e. The third-order valence-corrected chi connectivity index (χ3v) is 9.20. The number of carbonyl (C=O) groups is 2. The summed E-state index contributed by atoms with van der Waals surface area (Å²) in [6, 6.07) is 0. The summed E-state index contributed by atoms with van der Waals surface area (Å²) in [5.74, 6) is -0.970. The summed E-state index contributed by atoms with van der Waals surface area (Å²) in [5, 5.41) is 9.76. The Morgan fingerprint density at radius 3 is 1.74 bits per heavy atom. The monoisotopic (exact) mass is 830 g/mol. The number of aliphatic hydroxyl groups excluding tert-OH is 1. The van der Waals surface area contributed by atoms with Crippen molar-refractivity contribution in [1.29, 1.82) is 0 Å². The fraction of sp³-hybridized carbons (Fsp3) is 0.574. The summed E-state index contributed by atoms with van der Waals surface area (Å²) in [4.78, 5) is 34.8. The lowest BCUT2D eigenvalue weighted by molar-refractivity contribution is -0.161. The number of carbonyl (C=O) groups excluding carboxylic acids is 2. The first-order valence-corrected chi connectivity index (χ1v) is 23.0. The Hall–Kier alpha value is -3.37. The zero-order chi connectivity index (χ0) is 42.6. The number of allylic oxidation sites excluding steroid dienone is 16. The van der Waals surface area contributed by atoms with Crippen molar-refractivity contribution in [2.75, 3.05) is 26.4 Å². The molecule has 3 atom stereocenters. The highest BCUT2D eigenvalue weighted by Gasteiger charge is 2.25. The molecular formula is C47H76NO9P. The normalized spacial score (nSPS) is 14.9. The minimum atomic E-state index is -4.42. The smallest absolute Gasteiger partial charge is 0.462 e. The van der Waals surface area contributed by atoms with E-state index in [9.17, 15) is 24.2 Å². The second-order valence-electron chi connectivity index (χ2n) is 13.7. The van der Waals surface area contributed by atoms with E-state index in [4.69, 9.17) is 24.3 Å². The molecule has 10 nitrogen and oxygen atoms in total. The van der Waals surface area contributed by atoms with E-state index in [0.717, 1.165) is 57.8 Å². The molecule has 0 aromatic heterocycles. The molecule has 0 aliphatic rings. The maximum atomic E-state index is 12.6. The summed E-state index contributed by atoms with van der Waals surface area (Å²) in [6.45, 7) is 3.31. The third kappa shape index (κ3) is 40.8. The van der Waals surface area contributed by atoms with Gasteiger partial charge in [0.05, 0.1) is 19.3 Å². The predicted octanol–water partition coefficient (Wildman–Crippen LogP) is 11.4. The Labute approximate surface area is 351 Å². The molecule has 0 saturated carbocycles. The van der Waals surface area contributed by atoms with Crippen LogP contribution in [-0.2, 0) is 32.7 Å². The van der Waals surface area contributed by atoms with Crippen molar-refractivity contribution < 1.29 is 42.7 Å². The minimum absolute atomic E-state index is 0.0260. The molecule has 0 bridgehead atoms. The minimum Gasteiger partial charge on any atom is -0.462 e. The molecule has 0 aliphatic carbocycles. The number of rotatable bonds is 38. The number of phosphoric ester groups is 1. The number of ether oxygens (including phenoxy) is 2. The number of esters is 2. The first-order valence-electron chi connectivity index (χ1n) is 21.5. The molecular weight excluding hydrogens is 753 g/mol. The van der Waals surface area contributed by atoms with Crippen LogP contribution in [-0.4, -0.2) is 60.5 Å². The first-order chi connectivity index (χ1) is 28.2. The van der Waals surface area contributed by atoms with Crippen LogP contribution in [0.5, 0.6) is 0 Å². The van der Waals surface area contributed by atoms with Gasteiger partial charge in [0.15, 0.2) is 6.10 Å². The van der Waals surface area contributed by atoms with Crippen LogP contribution in [0.3, 0.4) is 0 Å². The van der Waals surface area contributed by atoms with Crippen molar-refractivity contribution in [1.82, 2.24) is 0 Å². The predicted molar refractivity (Wildman–Crippen MR) is 239 cm³/mol. The average molecular weight is 830 g/mol. The van der Waals surface area contributed by atoms with E-state index >= 15 is 0 Å². The molecule has 11 heteroatoms. The van der Waals surface area contributed by atoms with Crippen LogP contribution in [0.2, 0.25) is 0 Å². The van der Waals surface area contributed by atoms with Crippen LogP contribution >= 0.6 is 7.82 Å². The number of phosphoric acid groups is 1. The van der Waals surface area contributed by atoms with Gasteiger partial charge in [0.1, 0.15) is 6.61 Å². The van der Waals surface area contributed by atoms with Crippen molar-refractivity contribution in [3.05, 3.63) is 109 Å². The molecule has 0 spiro atoms. The zero-order valence-electron chi connectivity index (χ0n) is 35.6. The fourth-order valence-corrected chi connectivity index (χ4v) is 5.79. The number of unbranched alkanes of at least 4 members (excludes halogenated alkanes) is 7. The van der Waals surface area contributed by atoms with Crippen molar-refractivity contribution in [2.24, 2.45) is 5.73 Å². The number of hydrogen-bond acceptors (Lipinski definition) is 9. The highest BCUT2D eigenvalue weighted by Crippen LogP contribution is 2.43. The Bertz CT molecular complexity index is 1330. The largest absolute Gasteiger partial charge is 0.472 e. The molecule has 0 fully saturated rings. The zero-order valence-corrected chi connectivity index (χ0v) is 36.5. The fourth-order valence-electron chi connectivity index (χ4n) is 5.02. The summed E-state index contributed by atoms with van der Waals surface area (Å²) in [6.07, 6.45) is 51.8. The number of nitrogens with two attached hydrogens (primary N) is 1. The van der Waals surface area contributed by atoms with Gasteiger partial charge in [-0.25, -0.2) is 4.57 Å². The molecule has 0 heterocycles. The van der Waals surface area contributed by atoms with Gasteiger partial charge in [0, 0.05) is 19.4 Å². The van der Waals surface area contributed by atoms with Gasteiger partial charge in [-0.3, -0.25) is 18.6 Å². The van der Waals surface area contributed by atoms with E-state index in [1.165, 1.54) is 25.7 Å². The second-order valence-corrected chi connectivity index (χ2v) is 15.1. The third-order valence-electron chi connectivity index (χ3n) is 8.22. The van der Waals surface area contributed by atoms with Crippen molar-refractivity contribution in [3.8, 4) is 0 Å².